The van der Waals surface area contributed by atoms with E-state index in [1.807, 2.05) is 12.1 Å². The fraction of sp³-hybridized carbons (Fsp3) is 0.0385. The molecule has 0 aromatic heterocycles. The molecular weight excluding hydrogens is 683 g/mol. The molecule has 0 saturated carbocycles. The van der Waals surface area contributed by atoms with E-state index in [0.29, 0.717) is 5.84 Å². The smallest absolute Gasteiger partial charge is 0.159 e. The van der Waals surface area contributed by atoms with Gasteiger partial charge in [0.15, 0.2) is 5.84 Å². The summed E-state index contributed by atoms with van der Waals surface area (Å²) in [6.45, 7) is 0. The van der Waals surface area contributed by atoms with Crippen molar-refractivity contribution in [2.75, 3.05) is 0 Å². The summed E-state index contributed by atoms with van der Waals surface area (Å²) in [5.74, 6) is 3.13. The van der Waals surface area contributed by atoms with E-state index in [4.69, 9.17) is 14.7 Å². The van der Waals surface area contributed by atoms with Gasteiger partial charge in [0, 0.05) is 27.8 Å². The lowest BCUT2D eigenvalue weighted by atomic mass is 9.66. The molecule has 1 unspecified atom stereocenters. The van der Waals surface area contributed by atoms with Gasteiger partial charge in [0.25, 0.3) is 0 Å². The van der Waals surface area contributed by atoms with Gasteiger partial charge in [-0.25, -0.2) is 9.98 Å². The van der Waals surface area contributed by atoms with Gasteiger partial charge < -0.3 is 10.1 Å². The number of para-hydroxylation sites is 1. The summed E-state index contributed by atoms with van der Waals surface area (Å²) in [5, 5.41) is 3.74. The van der Waals surface area contributed by atoms with Gasteiger partial charge in [-0.15, -0.1) is 0 Å². The highest BCUT2D eigenvalue weighted by Crippen LogP contribution is 2.62. The summed E-state index contributed by atoms with van der Waals surface area (Å²) < 4.78 is 6.87. The minimum atomic E-state index is -0.521. The van der Waals surface area contributed by atoms with Crippen molar-refractivity contribution in [1.29, 1.82) is 0 Å². The van der Waals surface area contributed by atoms with Crippen molar-refractivity contribution in [3.63, 3.8) is 0 Å². The first-order chi connectivity index (χ1) is 27.7. The standard InChI is InChI=1S/C52H35N3O/c1-3-15-34(16-4-1)36-19-13-21-38(31-36)49-53-50(39-22-14-20-37(32-39)35-17-5-2-6-18-35)55-51(54-49)40-29-30-46-48(33-40)56-47-28-12-11-27-45(47)52(46)43-25-9-7-23-41(43)42-24-8-10-26-44(42)52/h1-33,51H,(H,53,54,55). The van der Waals surface area contributed by atoms with E-state index in [1.54, 1.807) is 0 Å². The van der Waals surface area contributed by atoms with Crippen molar-refractivity contribution >= 4 is 11.7 Å². The molecule has 0 bridgehead atoms. The van der Waals surface area contributed by atoms with Crippen LogP contribution in [-0.2, 0) is 5.41 Å². The zero-order valence-corrected chi connectivity index (χ0v) is 30.4. The molecule has 11 rings (SSSR count). The molecule has 1 atom stereocenters. The Labute approximate surface area is 326 Å². The molecule has 8 aromatic rings. The van der Waals surface area contributed by atoms with Crippen LogP contribution in [0, 0.1) is 0 Å². The Morgan fingerprint density at radius 1 is 0.411 bits per heavy atom. The molecule has 0 amide bonds. The third-order valence-electron chi connectivity index (χ3n) is 11.4. The highest BCUT2D eigenvalue weighted by atomic mass is 16.5. The second kappa shape index (κ2) is 12.9. The Bertz CT molecular complexity index is 2830. The summed E-state index contributed by atoms with van der Waals surface area (Å²) in [5.41, 5.74) is 14.3. The number of nitrogens with one attached hydrogen (secondary N) is 1. The van der Waals surface area contributed by atoms with Crippen molar-refractivity contribution in [2.24, 2.45) is 9.98 Å². The number of amidine groups is 2. The van der Waals surface area contributed by atoms with Crippen LogP contribution in [0.1, 0.15) is 45.1 Å². The topological polar surface area (TPSA) is 46.0 Å². The number of ether oxygens (including phenoxy) is 1. The minimum Gasteiger partial charge on any atom is -0.457 e. The van der Waals surface area contributed by atoms with Crippen LogP contribution in [0.5, 0.6) is 11.5 Å². The van der Waals surface area contributed by atoms with Crippen molar-refractivity contribution in [2.45, 2.75) is 11.6 Å². The van der Waals surface area contributed by atoms with Crippen LogP contribution in [0.15, 0.2) is 210 Å². The number of benzene rings is 8. The van der Waals surface area contributed by atoms with Crippen LogP contribution < -0.4 is 10.1 Å². The van der Waals surface area contributed by atoms with E-state index >= 15 is 0 Å². The van der Waals surface area contributed by atoms with E-state index in [1.165, 1.54) is 22.3 Å². The molecule has 1 N–H and O–H groups in total. The summed E-state index contributed by atoms with van der Waals surface area (Å²) in [6, 6.07) is 70.8. The third kappa shape index (κ3) is 5.07. The molecule has 2 aliphatic heterocycles. The van der Waals surface area contributed by atoms with Crippen molar-refractivity contribution in [3.8, 4) is 44.9 Å². The Hall–Kier alpha value is -7.30. The van der Waals surface area contributed by atoms with E-state index < -0.39 is 11.6 Å². The Morgan fingerprint density at radius 3 is 1.61 bits per heavy atom. The molecule has 1 spiro atoms. The fourth-order valence-corrected chi connectivity index (χ4v) is 8.89. The number of fused-ring (bicyclic) bond motifs is 9. The van der Waals surface area contributed by atoms with Crippen LogP contribution in [0.4, 0.5) is 0 Å². The SMILES string of the molecule is c1ccc(-c2cccc(C3=NC(c4ccc5c(c4)Oc4ccccc4C54c5ccccc5-c5ccccc54)NC(c4cccc(-c5ccccc5)c4)=N3)c2)cc1. The largest absolute Gasteiger partial charge is 0.457 e. The highest BCUT2D eigenvalue weighted by molar-refractivity contribution is 6.13. The maximum absolute atomic E-state index is 6.87. The predicted octanol–water partition coefficient (Wildman–Crippen LogP) is 12.0. The predicted molar refractivity (Wildman–Crippen MR) is 227 cm³/mol. The van der Waals surface area contributed by atoms with Crippen molar-refractivity contribution in [3.05, 3.63) is 239 Å². The van der Waals surface area contributed by atoms with Crippen LogP contribution in [-0.4, -0.2) is 11.7 Å². The molecule has 56 heavy (non-hydrogen) atoms. The monoisotopic (exact) mass is 717 g/mol. The Kier molecular flexibility index (Phi) is 7.42. The third-order valence-corrected chi connectivity index (χ3v) is 11.4. The maximum atomic E-state index is 6.87. The van der Waals surface area contributed by atoms with Crippen LogP contribution in [0.2, 0.25) is 0 Å². The van der Waals surface area contributed by atoms with E-state index in [9.17, 15) is 0 Å². The van der Waals surface area contributed by atoms with Gasteiger partial charge in [-0.05, 0) is 68.8 Å². The lowest BCUT2D eigenvalue weighted by molar-refractivity contribution is 0.434. The lowest BCUT2D eigenvalue weighted by Gasteiger charge is -2.39. The summed E-state index contributed by atoms with van der Waals surface area (Å²) >= 11 is 0. The maximum Gasteiger partial charge on any atom is 0.159 e. The number of hydrogen-bond donors (Lipinski definition) is 1. The van der Waals surface area contributed by atoms with E-state index in [0.717, 1.165) is 67.4 Å². The second-order valence-electron chi connectivity index (χ2n) is 14.5. The molecule has 2 heterocycles. The van der Waals surface area contributed by atoms with Crippen LogP contribution in [0.25, 0.3) is 33.4 Å². The normalized spacial score (nSPS) is 15.6. The minimum absolute atomic E-state index is 0.427. The molecule has 0 saturated heterocycles. The summed E-state index contributed by atoms with van der Waals surface area (Å²) in [6.07, 6.45) is -0.427. The van der Waals surface area contributed by atoms with Gasteiger partial charge >= 0.3 is 0 Å². The average molecular weight is 718 g/mol. The summed E-state index contributed by atoms with van der Waals surface area (Å²) in [4.78, 5) is 10.5. The Balaban J connectivity index is 1.06. The van der Waals surface area contributed by atoms with Crippen LogP contribution >= 0.6 is 0 Å². The van der Waals surface area contributed by atoms with Crippen molar-refractivity contribution in [1.82, 2.24) is 5.32 Å². The number of hydrogen-bond acceptors (Lipinski definition) is 4. The van der Waals surface area contributed by atoms with Gasteiger partial charge in [-0.3, -0.25) is 0 Å². The van der Waals surface area contributed by atoms with E-state index in [2.05, 4.69) is 193 Å². The Morgan fingerprint density at radius 2 is 0.929 bits per heavy atom. The van der Waals surface area contributed by atoms with Gasteiger partial charge in [0.1, 0.15) is 23.5 Å². The van der Waals surface area contributed by atoms with Crippen molar-refractivity contribution < 1.29 is 4.74 Å². The number of nitrogens with zero attached hydrogens (tertiary/aromatic N) is 2. The highest BCUT2D eigenvalue weighted by Gasteiger charge is 2.51. The lowest BCUT2D eigenvalue weighted by Crippen LogP contribution is -2.34. The molecule has 0 radical (unpaired) electrons. The van der Waals surface area contributed by atoms with Crippen LogP contribution in [0.3, 0.4) is 0 Å². The average Bonchev–Trinajstić information content (AvgIpc) is 3.57. The fourth-order valence-electron chi connectivity index (χ4n) is 8.89. The van der Waals surface area contributed by atoms with Gasteiger partial charge in [0.05, 0.1) is 5.41 Å². The molecule has 0 fully saturated rings. The molecular formula is C52H35N3O. The quantitative estimate of drug-likeness (QED) is 0.193. The summed E-state index contributed by atoms with van der Waals surface area (Å²) in [7, 11) is 0. The first-order valence-electron chi connectivity index (χ1n) is 19.1. The molecule has 4 heteroatoms. The molecule has 1 aliphatic carbocycles. The number of aliphatic imine (C=N–C) groups is 2. The van der Waals surface area contributed by atoms with E-state index in [-0.39, 0.29) is 0 Å². The number of rotatable bonds is 5. The molecule has 4 nitrogen and oxygen atoms in total. The van der Waals surface area contributed by atoms with Gasteiger partial charge in [-0.2, -0.15) is 0 Å². The first kappa shape index (κ1) is 32.2. The molecule has 3 aliphatic rings. The zero-order valence-electron chi connectivity index (χ0n) is 30.4. The first-order valence-corrected chi connectivity index (χ1v) is 19.1. The molecule has 8 aromatic carbocycles. The second-order valence-corrected chi connectivity index (χ2v) is 14.5. The zero-order chi connectivity index (χ0) is 37.1. The molecule has 264 valence electrons. The van der Waals surface area contributed by atoms with Gasteiger partial charge in [-0.1, -0.05) is 176 Å². The van der Waals surface area contributed by atoms with Gasteiger partial charge in [0.2, 0.25) is 0 Å².